The van der Waals surface area contributed by atoms with Gasteiger partial charge in [-0.05, 0) is 42.5 Å². The van der Waals surface area contributed by atoms with Gasteiger partial charge in [0.25, 0.3) is 0 Å². The number of ketones is 1. The molecule has 0 spiro atoms. The topological polar surface area (TPSA) is 17.1 Å². The van der Waals surface area contributed by atoms with Crippen molar-refractivity contribution in [2.24, 2.45) is 17.8 Å². The first-order chi connectivity index (χ1) is 6.84. The van der Waals surface area contributed by atoms with E-state index in [-0.39, 0.29) is 0 Å². The van der Waals surface area contributed by atoms with Crippen LogP contribution in [0.4, 0.5) is 0 Å². The van der Waals surface area contributed by atoms with Crippen molar-refractivity contribution in [1.82, 2.24) is 0 Å². The van der Waals surface area contributed by atoms with Crippen LogP contribution in [-0.2, 0) is 0 Å². The second kappa shape index (κ2) is 3.20. The van der Waals surface area contributed by atoms with E-state index in [0.717, 1.165) is 16.7 Å². The summed E-state index contributed by atoms with van der Waals surface area (Å²) in [6.45, 7) is 0. The van der Waals surface area contributed by atoms with Gasteiger partial charge in [-0.3, -0.25) is 4.79 Å². The first-order valence-corrected chi connectivity index (χ1v) is 6.30. The van der Waals surface area contributed by atoms with E-state index in [4.69, 9.17) is 0 Å². The van der Waals surface area contributed by atoms with E-state index >= 15 is 0 Å². The normalized spacial score (nSPS) is 35.0. The monoisotopic (exact) mass is 206 g/mol. The molecular weight excluding hydrogens is 192 g/mol. The van der Waals surface area contributed by atoms with Crippen molar-refractivity contribution in [3.63, 3.8) is 0 Å². The van der Waals surface area contributed by atoms with Gasteiger partial charge < -0.3 is 0 Å². The van der Waals surface area contributed by atoms with Gasteiger partial charge in [0.15, 0.2) is 5.78 Å². The molecule has 0 radical (unpaired) electrons. The number of hydrogen-bond donors (Lipinski definition) is 0. The average molecular weight is 206 g/mol. The predicted octanol–water partition coefficient (Wildman–Crippen LogP) is 3.37. The van der Waals surface area contributed by atoms with Crippen LogP contribution in [0.1, 0.15) is 35.4 Å². The molecule has 74 valence electrons. The van der Waals surface area contributed by atoms with E-state index in [2.05, 4.69) is 0 Å². The Morgan fingerprint density at radius 1 is 1.36 bits per heavy atom. The SMILES string of the molecule is O=C(c1cccs1)C1CC2CCC1C2. The zero-order valence-corrected chi connectivity index (χ0v) is 8.93. The van der Waals surface area contributed by atoms with Crippen molar-refractivity contribution in [3.8, 4) is 0 Å². The molecule has 1 aromatic rings. The average Bonchev–Trinajstić information content (AvgIpc) is 2.93. The van der Waals surface area contributed by atoms with Crippen LogP contribution in [0.3, 0.4) is 0 Å². The van der Waals surface area contributed by atoms with Gasteiger partial charge in [-0.1, -0.05) is 12.5 Å². The highest BCUT2D eigenvalue weighted by molar-refractivity contribution is 7.12. The summed E-state index contributed by atoms with van der Waals surface area (Å²) in [5.41, 5.74) is 0. The standard InChI is InChI=1S/C12H14OS/c13-12(11-2-1-5-14-11)10-7-8-3-4-9(10)6-8/h1-2,5,8-10H,3-4,6-7H2. The van der Waals surface area contributed by atoms with Crippen LogP contribution in [0.2, 0.25) is 0 Å². The number of Topliss-reactive ketones (excluding diaryl/α,β-unsaturated/α-hetero) is 1. The molecule has 3 atom stereocenters. The van der Waals surface area contributed by atoms with Crippen molar-refractivity contribution < 1.29 is 4.79 Å². The summed E-state index contributed by atoms with van der Waals surface area (Å²) in [6, 6.07) is 3.95. The van der Waals surface area contributed by atoms with Crippen molar-refractivity contribution in [1.29, 1.82) is 0 Å². The summed E-state index contributed by atoms with van der Waals surface area (Å²) in [4.78, 5) is 13.1. The molecule has 0 aliphatic heterocycles. The molecule has 0 amide bonds. The molecular formula is C12H14OS. The molecule has 1 aromatic heterocycles. The fourth-order valence-corrected chi connectivity index (χ4v) is 3.90. The van der Waals surface area contributed by atoms with Crippen LogP contribution < -0.4 is 0 Å². The molecule has 2 aliphatic rings. The fourth-order valence-electron chi connectivity index (χ4n) is 3.17. The molecule has 0 aromatic carbocycles. The molecule has 0 saturated heterocycles. The van der Waals surface area contributed by atoms with Gasteiger partial charge in [0, 0.05) is 5.92 Å². The van der Waals surface area contributed by atoms with E-state index in [9.17, 15) is 4.79 Å². The summed E-state index contributed by atoms with van der Waals surface area (Å²) >= 11 is 1.60. The molecule has 2 fully saturated rings. The highest BCUT2D eigenvalue weighted by Gasteiger charge is 2.43. The summed E-state index contributed by atoms with van der Waals surface area (Å²) in [6.07, 6.45) is 5.16. The smallest absolute Gasteiger partial charge is 0.176 e. The Kier molecular flexibility index (Phi) is 1.98. The maximum atomic E-state index is 12.1. The van der Waals surface area contributed by atoms with Crippen LogP contribution in [0.5, 0.6) is 0 Å². The van der Waals surface area contributed by atoms with E-state index in [1.807, 2.05) is 17.5 Å². The molecule has 14 heavy (non-hydrogen) atoms. The van der Waals surface area contributed by atoms with Crippen LogP contribution in [0.15, 0.2) is 17.5 Å². The quantitative estimate of drug-likeness (QED) is 0.678. The second-order valence-electron chi connectivity index (χ2n) is 4.62. The lowest BCUT2D eigenvalue weighted by molar-refractivity contribution is 0.0879. The summed E-state index contributed by atoms with van der Waals surface area (Å²) in [7, 11) is 0. The number of rotatable bonds is 2. The Bertz CT molecular complexity index is 341. The molecule has 2 heteroatoms. The molecule has 3 rings (SSSR count). The van der Waals surface area contributed by atoms with Gasteiger partial charge in [-0.15, -0.1) is 11.3 Å². The molecule has 1 heterocycles. The largest absolute Gasteiger partial charge is 0.293 e. The van der Waals surface area contributed by atoms with Gasteiger partial charge in [0.2, 0.25) is 0 Å². The molecule has 2 bridgehead atoms. The minimum absolute atomic E-state index is 0.368. The van der Waals surface area contributed by atoms with Crippen LogP contribution in [0, 0.1) is 17.8 Å². The van der Waals surface area contributed by atoms with E-state index < -0.39 is 0 Å². The third-order valence-electron chi connectivity index (χ3n) is 3.84. The Morgan fingerprint density at radius 2 is 2.29 bits per heavy atom. The van der Waals surface area contributed by atoms with E-state index in [0.29, 0.717) is 11.7 Å². The zero-order valence-electron chi connectivity index (χ0n) is 8.11. The Balaban J connectivity index is 1.81. The van der Waals surface area contributed by atoms with Gasteiger partial charge in [0.05, 0.1) is 4.88 Å². The third kappa shape index (κ3) is 1.24. The van der Waals surface area contributed by atoms with Crippen molar-refractivity contribution >= 4 is 17.1 Å². The van der Waals surface area contributed by atoms with E-state index in [1.54, 1.807) is 11.3 Å². The summed E-state index contributed by atoms with van der Waals surface area (Å²) in [5, 5.41) is 2.00. The number of hydrogen-bond acceptors (Lipinski definition) is 2. The minimum Gasteiger partial charge on any atom is -0.293 e. The maximum Gasteiger partial charge on any atom is 0.176 e. The van der Waals surface area contributed by atoms with Crippen LogP contribution in [0.25, 0.3) is 0 Å². The summed E-state index contributed by atoms with van der Waals surface area (Å²) in [5.74, 6) is 2.38. The van der Waals surface area contributed by atoms with Gasteiger partial charge in [-0.25, -0.2) is 0 Å². The lowest BCUT2D eigenvalue weighted by Crippen LogP contribution is -2.20. The molecule has 1 nitrogen and oxygen atoms in total. The highest BCUT2D eigenvalue weighted by Crippen LogP contribution is 2.49. The predicted molar refractivity (Wildman–Crippen MR) is 57.6 cm³/mol. The lowest BCUT2D eigenvalue weighted by atomic mass is 9.85. The van der Waals surface area contributed by atoms with Crippen molar-refractivity contribution in [2.45, 2.75) is 25.7 Å². The molecule has 2 aliphatic carbocycles. The van der Waals surface area contributed by atoms with Crippen LogP contribution >= 0.6 is 11.3 Å². The fraction of sp³-hybridized carbons (Fsp3) is 0.583. The molecule has 3 unspecified atom stereocenters. The lowest BCUT2D eigenvalue weighted by Gasteiger charge is -2.19. The van der Waals surface area contributed by atoms with Crippen molar-refractivity contribution in [3.05, 3.63) is 22.4 Å². The van der Waals surface area contributed by atoms with Crippen molar-refractivity contribution in [2.75, 3.05) is 0 Å². The molecule has 0 N–H and O–H groups in total. The number of carbonyl (C=O) groups is 1. The Hall–Kier alpha value is -0.630. The summed E-state index contributed by atoms with van der Waals surface area (Å²) < 4.78 is 0. The number of carbonyl (C=O) groups excluding carboxylic acids is 1. The maximum absolute atomic E-state index is 12.1. The third-order valence-corrected chi connectivity index (χ3v) is 4.72. The first-order valence-electron chi connectivity index (χ1n) is 5.42. The second-order valence-corrected chi connectivity index (χ2v) is 5.57. The number of thiophene rings is 1. The highest BCUT2D eigenvalue weighted by atomic mass is 32.1. The van der Waals surface area contributed by atoms with Gasteiger partial charge in [0.1, 0.15) is 0 Å². The molecule has 2 saturated carbocycles. The zero-order chi connectivity index (χ0) is 9.54. The Morgan fingerprint density at radius 3 is 2.86 bits per heavy atom. The van der Waals surface area contributed by atoms with Gasteiger partial charge >= 0.3 is 0 Å². The minimum atomic E-state index is 0.368. The first kappa shape index (κ1) is 8.66. The number of fused-ring (bicyclic) bond motifs is 2. The van der Waals surface area contributed by atoms with E-state index in [1.165, 1.54) is 25.7 Å². The van der Waals surface area contributed by atoms with Gasteiger partial charge in [-0.2, -0.15) is 0 Å². The Labute approximate surface area is 88.1 Å². The van der Waals surface area contributed by atoms with Crippen LogP contribution in [-0.4, -0.2) is 5.78 Å².